The SMILES string of the molecule is COc1c(Cl)cc(C(=O)NC[C@@H]2CCN(CCOCCO)C[C@H]2OC)c2c1OCCO2. The Balaban J connectivity index is 1.59. The summed E-state index contributed by atoms with van der Waals surface area (Å²) in [6, 6.07) is 1.55. The smallest absolute Gasteiger partial charge is 0.255 e. The van der Waals surface area contributed by atoms with Gasteiger partial charge < -0.3 is 34.1 Å². The molecule has 3 rings (SSSR count). The zero-order valence-corrected chi connectivity index (χ0v) is 18.8. The molecule has 2 heterocycles. The molecule has 0 unspecified atom stereocenters. The van der Waals surface area contributed by atoms with Gasteiger partial charge in [-0.3, -0.25) is 9.69 Å². The number of benzene rings is 1. The monoisotopic (exact) mass is 458 g/mol. The summed E-state index contributed by atoms with van der Waals surface area (Å²) >= 11 is 6.29. The molecule has 174 valence electrons. The van der Waals surface area contributed by atoms with E-state index >= 15 is 0 Å². The third kappa shape index (κ3) is 5.93. The van der Waals surface area contributed by atoms with Crippen LogP contribution in [-0.4, -0.2) is 95.5 Å². The van der Waals surface area contributed by atoms with E-state index in [9.17, 15) is 4.79 Å². The van der Waals surface area contributed by atoms with Crippen molar-refractivity contribution in [3.8, 4) is 17.2 Å². The fraction of sp³-hybridized carbons (Fsp3) is 0.667. The number of aliphatic hydroxyl groups excluding tert-OH is 1. The second-order valence-electron chi connectivity index (χ2n) is 7.46. The molecule has 2 N–H and O–H groups in total. The van der Waals surface area contributed by atoms with Crippen LogP contribution in [0.3, 0.4) is 0 Å². The molecule has 1 amide bonds. The largest absolute Gasteiger partial charge is 0.491 e. The van der Waals surface area contributed by atoms with E-state index < -0.39 is 0 Å². The van der Waals surface area contributed by atoms with Gasteiger partial charge in [0.25, 0.3) is 5.91 Å². The summed E-state index contributed by atoms with van der Waals surface area (Å²) in [6.07, 6.45) is 0.889. The van der Waals surface area contributed by atoms with Crippen molar-refractivity contribution in [3.05, 3.63) is 16.7 Å². The molecule has 0 radical (unpaired) electrons. The van der Waals surface area contributed by atoms with Crippen LogP contribution in [0.1, 0.15) is 16.8 Å². The fourth-order valence-corrected chi connectivity index (χ4v) is 4.20. The number of fused-ring (bicyclic) bond motifs is 1. The zero-order chi connectivity index (χ0) is 22.2. The highest BCUT2D eigenvalue weighted by Gasteiger charge is 2.31. The predicted molar refractivity (Wildman–Crippen MR) is 115 cm³/mol. The van der Waals surface area contributed by atoms with E-state index in [0.717, 1.165) is 26.1 Å². The minimum Gasteiger partial charge on any atom is -0.491 e. The average molecular weight is 459 g/mol. The average Bonchev–Trinajstić information content (AvgIpc) is 2.80. The molecular formula is C21H31ClN2O7. The molecule has 0 saturated carbocycles. The Kier molecular flexibility index (Phi) is 9.03. The van der Waals surface area contributed by atoms with Crippen molar-refractivity contribution in [2.45, 2.75) is 12.5 Å². The minimum atomic E-state index is -0.277. The van der Waals surface area contributed by atoms with Crippen LogP contribution in [0.5, 0.6) is 17.2 Å². The van der Waals surface area contributed by atoms with Gasteiger partial charge in [0.2, 0.25) is 5.75 Å². The first kappa shape index (κ1) is 23.9. The van der Waals surface area contributed by atoms with E-state index in [0.29, 0.717) is 60.8 Å². The summed E-state index contributed by atoms with van der Waals surface area (Å²) in [5, 5.41) is 12.1. The van der Waals surface area contributed by atoms with Crippen molar-refractivity contribution in [2.75, 3.05) is 73.4 Å². The first-order chi connectivity index (χ1) is 15.1. The molecular weight excluding hydrogens is 428 g/mol. The molecule has 1 aromatic carbocycles. The van der Waals surface area contributed by atoms with E-state index in [2.05, 4.69) is 10.2 Å². The summed E-state index contributed by atoms with van der Waals surface area (Å²) in [7, 11) is 3.19. The quantitative estimate of drug-likeness (QED) is 0.505. The number of carbonyl (C=O) groups is 1. The topological polar surface area (TPSA) is 98.7 Å². The normalized spacial score (nSPS) is 21.0. The number of likely N-dealkylation sites (tertiary alicyclic amines) is 1. The maximum Gasteiger partial charge on any atom is 0.255 e. The summed E-state index contributed by atoms with van der Waals surface area (Å²) < 4.78 is 27.7. The standard InChI is InChI=1S/C21H31ClN2O7/c1-27-17-13-24(5-7-29-8-6-25)4-3-14(17)12-23-21(26)15-11-16(22)19(28-2)20-18(15)30-9-10-31-20/h11,14,17,25H,3-10,12-13H2,1-2H3,(H,23,26)/t14-,17+/m0/s1. The highest BCUT2D eigenvalue weighted by atomic mass is 35.5. The fourth-order valence-electron chi connectivity index (χ4n) is 3.92. The molecule has 0 spiro atoms. The third-order valence-electron chi connectivity index (χ3n) is 5.57. The number of nitrogens with zero attached hydrogens (tertiary/aromatic N) is 1. The van der Waals surface area contributed by atoms with Gasteiger partial charge in [-0.2, -0.15) is 0 Å². The maximum atomic E-state index is 12.9. The Bertz CT molecular complexity index is 749. The Hall–Kier alpha value is -1.78. The molecule has 2 aliphatic heterocycles. The lowest BCUT2D eigenvalue weighted by Crippen LogP contribution is -2.49. The summed E-state index contributed by atoms with van der Waals surface area (Å²) in [6.45, 7) is 4.59. The number of piperidine rings is 1. The molecule has 1 fully saturated rings. The van der Waals surface area contributed by atoms with Crippen LogP contribution < -0.4 is 19.5 Å². The van der Waals surface area contributed by atoms with Gasteiger partial charge in [0, 0.05) is 32.7 Å². The first-order valence-corrected chi connectivity index (χ1v) is 10.8. The van der Waals surface area contributed by atoms with E-state index in [1.54, 1.807) is 13.2 Å². The number of carbonyl (C=O) groups excluding carboxylic acids is 1. The second-order valence-corrected chi connectivity index (χ2v) is 7.87. The van der Waals surface area contributed by atoms with Crippen LogP contribution in [0.15, 0.2) is 6.07 Å². The third-order valence-corrected chi connectivity index (χ3v) is 5.85. The lowest BCUT2D eigenvalue weighted by Gasteiger charge is -2.37. The molecule has 0 bridgehead atoms. The molecule has 2 atom stereocenters. The zero-order valence-electron chi connectivity index (χ0n) is 18.0. The molecule has 1 saturated heterocycles. The number of halogens is 1. The number of nitrogens with one attached hydrogen (secondary N) is 1. The van der Waals surface area contributed by atoms with Crippen molar-refractivity contribution >= 4 is 17.5 Å². The Morgan fingerprint density at radius 3 is 2.77 bits per heavy atom. The van der Waals surface area contributed by atoms with Gasteiger partial charge in [-0.25, -0.2) is 0 Å². The van der Waals surface area contributed by atoms with Gasteiger partial charge >= 0.3 is 0 Å². The lowest BCUT2D eigenvalue weighted by atomic mass is 9.93. The van der Waals surface area contributed by atoms with Gasteiger partial charge in [-0.15, -0.1) is 0 Å². The molecule has 2 aliphatic rings. The van der Waals surface area contributed by atoms with Crippen molar-refractivity contribution < 1.29 is 33.6 Å². The summed E-state index contributed by atoms with van der Waals surface area (Å²) in [5.41, 5.74) is 0.327. The Labute approximate surface area is 187 Å². The van der Waals surface area contributed by atoms with Crippen molar-refractivity contribution in [2.24, 2.45) is 5.92 Å². The number of hydrogen-bond acceptors (Lipinski definition) is 8. The maximum absolute atomic E-state index is 12.9. The summed E-state index contributed by atoms with van der Waals surface area (Å²) in [5.74, 6) is 0.984. The van der Waals surface area contributed by atoms with Crippen molar-refractivity contribution in [1.82, 2.24) is 10.2 Å². The van der Waals surface area contributed by atoms with Gasteiger partial charge in [0.1, 0.15) is 13.2 Å². The molecule has 9 nitrogen and oxygen atoms in total. The molecule has 0 aromatic heterocycles. The van der Waals surface area contributed by atoms with Gasteiger partial charge in [-0.1, -0.05) is 11.6 Å². The Morgan fingerprint density at radius 2 is 2.06 bits per heavy atom. The van der Waals surface area contributed by atoms with E-state index in [1.807, 2.05) is 0 Å². The van der Waals surface area contributed by atoms with Gasteiger partial charge in [-0.05, 0) is 19.0 Å². The highest BCUT2D eigenvalue weighted by molar-refractivity contribution is 6.33. The second kappa shape index (κ2) is 11.7. The summed E-state index contributed by atoms with van der Waals surface area (Å²) in [4.78, 5) is 15.2. The number of aliphatic hydroxyl groups is 1. The van der Waals surface area contributed by atoms with Crippen LogP contribution in [-0.2, 0) is 9.47 Å². The highest BCUT2D eigenvalue weighted by Crippen LogP contribution is 2.46. The number of rotatable bonds is 10. The van der Waals surface area contributed by atoms with E-state index in [-0.39, 0.29) is 24.5 Å². The van der Waals surface area contributed by atoms with Crippen molar-refractivity contribution in [3.63, 3.8) is 0 Å². The predicted octanol–water partition coefficient (Wildman–Crippen LogP) is 1.20. The first-order valence-electron chi connectivity index (χ1n) is 10.5. The lowest BCUT2D eigenvalue weighted by molar-refractivity contribution is -0.0198. The van der Waals surface area contributed by atoms with E-state index in [1.165, 1.54) is 7.11 Å². The molecule has 31 heavy (non-hydrogen) atoms. The Morgan fingerprint density at radius 1 is 1.29 bits per heavy atom. The number of amides is 1. The number of ether oxygens (including phenoxy) is 5. The van der Waals surface area contributed by atoms with Crippen LogP contribution >= 0.6 is 11.6 Å². The van der Waals surface area contributed by atoms with Crippen LogP contribution in [0, 0.1) is 5.92 Å². The molecule has 1 aromatic rings. The molecule has 10 heteroatoms. The van der Waals surface area contributed by atoms with Gasteiger partial charge in [0.15, 0.2) is 11.5 Å². The molecule has 0 aliphatic carbocycles. The number of hydrogen-bond donors (Lipinski definition) is 2. The van der Waals surface area contributed by atoms with Crippen LogP contribution in [0.2, 0.25) is 5.02 Å². The van der Waals surface area contributed by atoms with Crippen LogP contribution in [0.4, 0.5) is 0 Å². The van der Waals surface area contributed by atoms with Crippen molar-refractivity contribution in [1.29, 1.82) is 0 Å². The van der Waals surface area contributed by atoms with E-state index in [4.69, 9.17) is 40.4 Å². The number of methoxy groups -OCH3 is 2. The minimum absolute atomic E-state index is 0.000143. The van der Waals surface area contributed by atoms with Crippen LogP contribution in [0.25, 0.3) is 0 Å². The van der Waals surface area contributed by atoms with Gasteiger partial charge in [0.05, 0.1) is 43.6 Å².